The summed E-state index contributed by atoms with van der Waals surface area (Å²) in [4.78, 5) is 17.6. The zero-order valence-electron chi connectivity index (χ0n) is 12.9. The van der Waals surface area contributed by atoms with E-state index in [-0.39, 0.29) is 18.0 Å². The monoisotopic (exact) mass is 301 g/mol. The first-order chi connectivity index (χ1) is 10.7. The molecule has 3 rings (SSSR count). The third-order valence-corrected chi connectivity index (χ3v) is 4.44. The van der Waals surface area contributed by atoms with Crippen molar-refractivity contribution in [2.45, 2.75) is 31.3 Å². The molecule has 5 heteroatoms. The van der Waals surface area contributed by atoms with Gasteiger partial charge in [-0.1, -0.05) is 18.2 Å². The van der Waals surface area contributed by atoms with Crippen LogP contribution >= 0.6 is 0 Å². The average Bonchev–Trinajstić information content (AvgIpc) is 2.95. The lowest BCUT2D eigenvalue weighted by Crippen LogP contribution is -2.49. The van der Waals surface area contributed by atoms with Gasteiger partial charge in [-0.15, -0.1) is 0 Å². The van der Waals surface area contributed by atoms with E-state index in [9.17, 15) is 4.79 Å². The van der Waals surface area contributed by atoms with Crippen molar-refractivity contribution >= 4 is 16.8 Å². The normalized spacial score (nSPS) is 22.5. The molecule has 2 unspecified atom stereocenters. The van der Waals surface area contributed by atoms with E-state index in [0.29, 0.717) is 19.6 Å². The highest BCUT2D eigenvalue weighted by Crippen LogP contribution is 2.35. The van der Waals surface area contributed by atoms with Crippen LogP contribution in [0.3, 0.4) is 0 Å². The summed E-state index contributed by atoms with van der Waals surface area (Å²) in [7, 11) is 1.68. The highest BCUT2D eigenvalue weighted by Gasteiger charge is 2.35. The molecule has 22 heavy (non-hydrogen) atoms. The number of likely N-dealkylation sites (tertiary alicyclic amines) is 1. The molecule has 1 aromatic carbocycles. The van der Waals surface area contributed by atoms with Crippen LogP contribution in [0.5, 0.6) is 0 Å². The van der Waals surface area contributed by atoms with Crippen molar-refractivity contribution in [3.05, 3.63) is 36.0 Å². The second kappa shape index (κ2) is 6.50. The summed E-state index contributed by atoms with van der Waals surface area (Å²) in [5, 5.41) is 1.15. The van der Waals surface area contributed by atoms with Crippen molar-refractivity contribution < 1.29 is 9.53 Å². The Bertz CT molecular complexity index is 652. The number of ether oxygens (including phenoxy) is 1. The molecule has 0 bridgehead atoms. The number of fused-ring (bicyclic) bond motifs is 1. The van der Waals surface area contributed by atoms with Crippen molar-refractivity contribution in [1.29, 1.82) is 0 Å². The number of aromatic nitrogens is 1. The molecule has 2 atom stereocenters. The Morgan fingerprint density at radius 2 is 2.23 bits per heavy atom. The van der Waals surface area contributed by atoms with Gasteiger partial charge in [-0.25, -0.2) is 0 Å². The van der Waals surface area contributed by atoms with E-state index < -0.39 is 0 Å². The van der Waals surface area contributed by atoms with Crippen LogP contribution in [-0.4, -0.2) is 42.1 Å². The lowest BCUT2D eigenvalue weighted by Gasteiger charge is -2.39. The Kier molecular flexibility index (Phi) is 4.45. The standard InChI is InChI=1S/C17H23N3O2/c1-22-10-4-9-20-16(21)8-7-14(18)17(20)13-11-19-15-6-3-2-5-12(13)15/h2-3,5-6,11,14,17,19H,4,7-10,18H2,1H3. The van der Waals surface area contributed by atoms with Crippen LogP contribution in [0.1, 0.15) is 30.9 Å². The van der Waals surface area contributed by atoms with E-state index in [2.05, 4.69) is 11.1 Å². The number of aromatic amines is 1. The number of para-hydroxylation sites is 1. The molecule has 1 saturated heterocycles. The van der Waals surface area contributed by atoms with E-state index in [4.69, 9.17) is 10.5 Å². The van der Waals surface area contributed by atoms with Crippen molar-refractivity contribution in [3.63, 3.8) is 0 Å². The summed E-state index contributed by atoms with van der Waals surface area (Å²) in [5.74, 6) is 0.188. The maximum absolute atomic E-state index is 12.4. The number of amides is 1. The largest absolute Gasteiger partial charge is 0.385 e. The SMILES string of the molecule is COCCCN1C(=O)CCC(N)C1c1c[nH]c2ccccc12. The molecule has 1 amide bonds. The van der Waals surface area contributed by atoms with Crippen LogP contribution in [0, 0.1) is 0 Å². The van der Waals surface area contributed by atoms with E-state index in [1.54, 1.807) is 7.11 Å². The molecule has 0 spiro atoms. The number of H-pyrrole nitrogens is 1. The fourth-order valence-electron chi connectivity index (χ4n) is 3.36. The summed E-state index contributed by atoms with van der Waals surface area (Å²) in [6, 6.07) is 8.06. The molecular weight excluding hydrogens is 278 g/mol. The van der Waals surface area contributed by atoms with Crippen molar-refractivity contribution in [1.82, 2.24) is 9.88 Å². The molecule has 0 aliphatic carbocycles. The van der Waals surface area contributed by atoms with Crippen molar-refractivity contribution in [2.75, 3.05) is 20.3 Å². The van der Waals surface area contributed by atoms with Gasteiger partial charge in [0.1, 0.15) is 0 Å². The molecule has 5 nitrogen and oxygen atoms in total. The second-order valence-corrected chi connectivity index (χ2v) is 5.87. The van der Waals surface area contributed by atoms with Crippen molar-refractivity contribution in [2.24, 2.45) is 5.73 Å². The molecule has 2 aromatic rings. The number of nitrogens with one attached hydrogen (secondary N) is 1. The molecule has 1 fully saturated rings. The van der Waals surface area contributed by atoms with Crippen LogP contribution in [0.25, 0.3) is 10.9 Å². The molecule has 118 valence electrons. The third-order valence-electron chi connectivity index (χ3n) is 4.44. The lowest BCUT2D eigenvalue weighted by atomic mass is 9.90. The van der Waals surface area contributed by atoms with Crippen LogP contribution in [0.2, 0.25) is 0 Å². The maximum atomic E-state index is 12.4. The van der Waals surface area contributed by atoms with E-state index in [1.165, 1.54) is 0 Å². The first-order valence-corrected chi connectivity index (χ1v) is 7.82. The number of benzene rings is 1. The van der Waals surface area contributed by atoms with Gasteiger partial charge in [-0.3, -0.25) is 4.79 Å². The quantitative estimate of drug-likeness (QED) is 0.832. The van der Waals surface area contributed by atoms with Crippen LogP contribution in [-0.2, 0) is 9.53 Å². The minimum atomic E-state index is -0.0609. The number of methoxy groups -OCH3 is 1. The minimum absolute atomic E-state index is 0.0283. The number of nitrogens with two attached hydrogens (primary N) is 1. The zero-order valence-corrected chi connectivity index (χ0v) is 12.9. The Morgan fingerprint density at radius 1 is 1.41 bits per heavy atom. The van der Waals surface area contributed by atoms with E-state index in [0.717, 1.165) is 29.3 Å². The molecular formula is C17H23N3O2. The predicted molar refractivity (Wildman–Crippen MR) is 86.5 cm³/mol. The fraction of sp³-hybridized carbons (Fsp3) is 0.471. The topological polar surface area (TPSA) is 71.3 Å². The summed E-state index contributed by atoms with van der Waals surface area (Å²) >= 11 is 0. The van der Waals surface area contributed by atoms with Gasteiger partial charge in [-0.2, -0.15) is 0 Å². The molecule has 0 radical (unpaired) electrons. The zero-order chi connectivity index (χ0) is 15.5. The lowest BCUT2D eigenvalue weighted by molar-refractivity contribution is -0.137. The van der Waals surface area contributed by atoms with Gasteiger partial charge in [0.05, 0.1) is 6.04 Å². The van der Waals surface area contributed by atoms with Gasteiger partial charge in [0.2, 0.25) is 5.91 Å². The highest BCUT2D eigenvalue weighted by atomic mass is 16.5. The number of rotatable bonds is 5. The highest BCUT2D eigenvalue weighted by molar-refractivity contribution is 5.85. The van der Waals surface area contributed by atoms with E-state index in [1.807, 2.05) is 29.3 Å². The second-order valence-electron chi connectivity index (χ2n) is 5.87. The number of hydrogen-bond acceptors (Lipinski definition) is 3. The number of piperidine rings is 1. The summed E-state index contributed by atoms with van der Waals surface area (Å²) in [6.45, 7) is 1.34. The molecule has 0 saturated carbocycles. The number of carbonyl (C=O) groups is 1. The van der Waals surface area contributed by atoms with Gasteiger partial charge in [0.15, 0.2) is 0 Å². The Labute approximate surface area is 130 Å². The fourth-order valence-corrected chi connectivity index (χ4v) is 3.36. The third kappa shape index (κ3) is 2.74. The van der Waals surface area contributed by atoms with E-state index >= 15 is 0 Å². The number of carbonyl (C=O) groups excluding carboxylic acids is 1. The minimum Gasteiger partial charge on any atom is -0.385 e. The van der Waals surface area contributed by atoms with Gasteiger partial charge in [0, 0.05) is 55.4 Å². The Hall–Kier alpha value is -1.85. The van der Waals surface area contributed by atoms with Gasteiger partial charge < -0.3 is 20.4 Å². The van der Waals surface area contributed by atoms with Gasteiger partial charge >= 0.3 is 0 Å². The average molecular weight is 301 g/mol. The first-order valence-electron chi connectivity index (χ1n) is 7.82. The summed E-state index contributed by atoms with van der Waals surface area (Å²) in [6.07, 6.45) is 4.10. The number of nitrogens with zero attached hydrogens (tertiary/aromatic N) is 1. The first kappa shape index (κ1) is 15.1. The van der Waals surface area contributed by atoms with Crippen LogP contribution in [0.15, 0.2) is 30.5 Å². The molecule has 1 aliphatic rings. The predicted octanol–water partition coefficient (Wildman–Crippen LogP) is 2.20. The smallest absolute Gasteiger partial charge is 0.223 e. The summed E-state index contributed by atoms with van der Waals surface area (Å²) < 4.78 is 5.12. The van der Waals surface area contributed by atoms with Gasteiger partial charge in [-0.05, 0) is 18.9 Å². The van der Waals surface area contributed by atoms with Crippen molar-refractivity contribution in [3.8, 4) is 0 Å². The van der Waals surface area contributed by atoms with Crippen LogP contribution < -0.4 is 5.73 Å². The molecule has 1 aliphatic heterocycles. The maximum Gasteiger partial charge on any atom is 0.223 e. The molecule has 3 N–H and O–H groups in total. The molecule has 1 aromatic heterocycles. The number of hydrogen-bond donors (Lipinski definition) is 2. The van der Waals surface area contributed by atoms with Gasteiger partial charge in [0.25, 0.3) is 0 Å². The van der Waals surface area contributed by atoms with Crippen LogP contribution in [0.4, 0.5) is 0 Å². The Balaban J connectivity index is 1.94. The molecule has 2 heterocycles. The Morgan fingerprint density at radius 3 is 3.05 bits per heavy atom. The summed E-state index contributed by atoms with van der Waals surface area (Å²) in [5.41, 5.74) is 8.58.